The monoisotopic (exact) mass is 418 g/mol. The molecule has 2 heterocycles. The summed E-state index contributed by atoms with van der Waals surface area (Å²) in [5, 5.41) is 26.5. The average Bonchev–Trinajstić information content (AvgIpc) is 2.76. The van der Waals surface area contributed by atoms with Gasteiger partial charge in [-0.2, -0.15) is 5.26 Å². The van der Waals surface area contributed by atoms with E-state index in [1.54, 1.807) is 35.2 Å². The first kappa shape index (κ1) is 20.8. The van der Waals surface area contributed by atoms with Gasteiger partial charge in [0.1, 0.15) is 11.6 Å². The molecule has 0 aliphatic carbocycles. The zero-order chi connectivity index (χ0) is 22.0. The largest absolute Gasteiger partial charge is 0.505 e. The van der Waals surface area contributed by atoms with E-state index in [0.29, 0.717) is 35.8 Å². The van der Waals surface area contributed by atoms with Crippen molar-refractivity contribution in [1.29, 1.82) is 5.26 Å². The Kier molecular flexibility index (Phi) is 5.57. The fourth-order valence-corrected chi connectivity index (χ4v) is 4.36. The lowest BCUT2D eigenvalue weighted by atomic mass is 9.84. The molecule has 2 aromatic carbocycles. The van der Waals surface area contributed by atoms with E-state index in [0.717, 1.165) is 18.5 Å². The molecule has 0 bridgehead atoms. The van der Waals surface area contributed by atoms with Gasteiger partial charge in [0.2, 0.25) is 5.91 Å². The molecule has 1 amide bonds. The maximum atomic E-state index is 13.1. The summed E-state index contributed by atoms with van der Waals surface area (Å²) in [4.78, 5) is 14.9. The smallest absolute Gasteiger partial charge is 0.231 e. The number of rotatable bonds is 4. The zero-order valence-corrected chi connectivity index (χ0v) is 17.5. The second-order valence-corrected chi connectivity index (χ2v) is 8.20. The Labute approximate surface area is 181 Å². The Morgan fingerprint density at radius 3 is 2.61 bits per heavy atom. The molecule has 3 N–H and O–H groups in total. The van der Waals surface area contributed by atoms with E-state index < -0.39 is 5.54 Å². The predicted octanol–water partition coefficient (Wildman–Crippen LogP) is 3.69. The molecular weight excluding hydrogens is 392 g/mol. The molecule has 2 aliphatic rings. The number of para-hydroxylation sites is 1. The van der Waals surface area contributed by atoms with E-state index in [4.69, 9.17) is 10.00 Å². The first-order chi connectivity index (χ1) is 14.9. The van der Waals surface area contributed by atoms with Gasteiger partial charge in [-0.15, -0.1) is 0 Å². The van der Waals surface area contributed by atoms with Gasteiger partial charge in [0, 0.05) is 30.5 Å². The second-order valence-electron chi connectivity index (χ2n) is 8.20. The van der Waals surface area contributed by atoms with Crippen LogP contribution in [0.4, 0.5) is 11.4 Å². The van der Waals surface area contributed by atoms with Crippen LogP contribution in [0, 0.1) is 11.3 Å². The van der Waals surface area contributed by atoms with Crippen LogP contribution < -0.4 is 10.6 Å². The Morgan fingerprint density at radius 2 is 1.97 bits per heavy atom. The molecule has 2 aromatic rings. The zero-order valence-electron chi connectivity index (χ0n) is 17.5. The number of anilines is 2. The van der Waals surface area contributed by atoms with Gasteiger partial charge in [-0.1, -0.05) is 18.7 Å². The highest BCUT2D eigenvalue weighted by atomic mass is 16.5. The minimum absolute atomic E-state index is 0.0111. The van der Waals surface area contributed by atoms with E-state index >= 15 is 0 Å². The van der Waals surface area contributed by atoms with Crippen molar-refractivity contribution in [3.63, 3.8) is 0 Å². The third kappa shape index (κ3) is 4.07. The van der Waals surface area contributed by atoms with Crippen molar-refractivity contribution in [2.45, 2.75) is 37.8 Å². The number of phenols is 1. The number of carbonyl (C=O) groups excluding carboxylic acids is 1. The first-order valence-corrected chi connectivity index (χ1v) is 10.4. The van der Waals surface area contributed by atoms with E-state index in [-0.39, 0.29) is 24.1 Å². The maximum Gasteiger partial charge on any atom is 0.231 e. The van der Waals surface area contributed by atoms with Crippen LogP contribution in [0.2, 0.25) is 0 Å². The summed E-state index contributed by atoms with van der Waals surface area (Å²) >= 11 is 0. The van der Waals surface area contributed by atoms with Crippen molar-refractivity contribution < 1.29 is 14.6 Å². The van der Waals surface area contributed by atoms with E-state index in [1.165, 1.54) is 0 Å². The van der Waals surface area contributed by atoms with E-state index in [9.17, 15) is 9.90 Å². The lowest BCUT2D eigenvalue weighted by Crippen LogP contribution is -2.57. The highest BCUT2D eigenvalue weighted by Crippen LogP contribution is 2.41. The summed E-state index contributed by atoms with van der Waals surface area (Å²) in [6.45, 7) is 7.29. The van der Waals surface area contributed by atoms with Crippen molar-refractivity contribution >= 4 is 17.3 Å². The van der Waals surface area contributed by atoms with Gasteiger partial charge in [0.25, 0.3) is 0 Å². The number of nitrogens with one attached hydrogen (secondary N) is 2. The van der Waals surface area contributed by atoms with Gasteiger partial charge in [-0.05, 0) is 50.1 Å². The maximum absolute atomic E-state index is 13.1. The fraction of sp³-hybridized carbons (Fsp3) is 0.333. The second kappa shape index (κ2) is 8.32. The Hall–Kier alpha value is -3.50. The van der Waals surface area contributed by atoms with Crippen molar-refractivity contribution in [3.8, 4) is 11.8 Å². The minimum Gasteiger partial charge on any atom is -0.505 e. The lowest BCUT2D eigenvalue weighted by Gasteiger charge is -2.46. The van der Waals surface area contributed by atoms with Gasteiger partial charge in [-0.25, -0.2) is 0 Å². The van der Waals surface area contributed by atoms with Gasteiger partial charge in [-0.3, -0.25) is 9.69 Å². The van der Waals surface area contributed by atoms with Crippen LogP contribution in [0.15, 0.2) is 54.9 Å². The van der Waals surface area contributed by atoms with Crippen LogP contribution in [0.5, 0.6) is 5.75 Å². The van der Waals surface area contributed by atoms with Gasteiger partial charge < -0.3 is 20.5 Å². The van der Waals surface area contributed by atoms with Crippen molar-refractivity contribution in [3.05, 3.63) is 66.0 Å². The molecule has 2 fully saturated rings. The number of aromatic hydroxyl groups is 1. The highest BCUT2D eigenvalue weighted by molar-refractivity contribution is 5.82. The molecule has 0 spiro atoms. The van der Waals surface area contributed by atoms with E-state index in [1.807, 2.05) is 19.1 Å². The molecular formula is C24H26N4O3. The number of benzene rings is 2. The number of ether oxygens (including phenoxy) is 1. The number of hydrogen-bond acceptors (Lipinski definition) is 6. The summed E-state index contributed by atoms with van der Waals surface area (Å²) in [5.74, 6) is 0.612. The normalized spacial score (nSPS) is 22.0. The number of nitriles is 1. The van der Waals surface area contributed by atoms with Crippen molar-refractivity contribution in [2.75, 3.05) is 18.5 Å². The summed E-state index contributed by atoms with van der Waals surface area (Å²) in [6.07, 6.45) is 1.79. The summed E-state index contributed by atoms with van der Waals surface area (Å²) in [5.41, 5.74) is 1.66. The van der Waals surface area contributed by atoms with Crippen molar-refractivity contribution in [1.82, 2.24) is 10.2 Å². The fourth-order valence-electron chi connectivity index (χ4n) is 4.36. The number of phenolic OH excluding ortho intramolecular Hbond substituents is 1. The first-order valence-electron chi connectivity index (χ1n) is 10.4. The number of nitrogens with zero attached hydrogens (tertiary/aromatic N) is 2. The molecule has 7 nitrogen and oxygen atoms in total. The molecule has 2 aliphatic heterocycles. The molecule has 160 valence electrons. The van der Waals surface area contributed by atoms with E-state index in [2.05, 4.69) is 23.3 Å². The quantitative estimate of drug-likeness (QED) is 0.655. The third-order valence-electron chi connectivity index (χ3n) is 5.96. The average molecular weight is 418 g/mol. The standard InChI is InChI=1S/C24H26N4O3/c1-16-27-24(2,14-22(29)28(16)19-10-12-31-13-11-19)20-4-3-5-21(23(20)30)26-18-8-6-17(15-25)7-9-18/h3-9,19,26-27,30H,1,10-14H2,2H3/t24-/m0/s1. The lowest BCUT2D eigenvalue weighted by molar-refractivity contribution is -0.137. The summed E-state index contributed by atoms with van der Waals surface area (Å²) < 4.78 is 5.42. The van der Waals surface area contributed by atoms with Crippen LogP contribution in [-0.2, 0) is 15.1 Å². The van der Waals surface area contributed by atoms with Crippen molar-refractivity contribution in [2.24, 2.45) is 0 Å². The molecule has 1 atom stereocenters. The number of amides is 1. The van der Waals surface area contributed by atoms with Gasteiger partial charge in [0.15, 0.2) is 0 Å². The Morgan fingerprint density at radius 1 is 1.26 bits per heavy atom. The molecule has 4 rings (SSSR count). The Balaban J connectivity index is 1.57. The predicted molar refractivity (Wildman–Crippen MR) is 117 cm³/mol. The third-order valence-corrected chi connectivity index (χ3v) is 5.96. The molecule has 0 unspecified atom stereocenters. The van der Waals surface area contributed by atoms with Crippen LogP contribution in [0.3, 0.4) is 0 Å². The molecule has 0 radical (unpaired) electrons. The molecule has 0 aromatic heterocycles. The minimum atomic E-state index is -0.789. The van der Waals surface area contributed by atoms with Crippen LogP contribution in [0.25, 0.3) is 0 Å². The number of carbonyl (C=O) groups is 1. The topological polar surface area (TPSA) is 97.6 Å². The van der Waals surface area contributed by atoms with Crippen LogP contribution >= 0.6 is 0 Å². The molecule has 7 heteroatoms. The van der Waals surface area contributed by atoms with Gasteiger partial charge in [0.05, 0.1) is 29.3 Å². The summed E-state index contributed by atoms with van der Waals surface area (Å²) in [7, 11) is 0. The Bertz CT molecular complexity index is 1020. The van der Waals surface area contributed by atoms with Crippen LogP contribution in [0.1, 0.15) is 37.3 Å². The number of hydrogen-bond donors (Lipinski definition) is 3. The highest BCUT2D eigenvalue weighted by Gasteiger charge is 2.42. The van der Waals surface area contributed by atoms with Gasteiger partial charge >= 0.3 is 0 Å². The molecule has 31 heavy (non-hydrogen) atoms. The van der Waals surface area contributed by atoms with Crippen LogP contribution in [-0.4, -0.2) is 35.2 Å². The SMILES string of the molecule is C=C1N[C@](C)(c2cccc(Nc3ccc(C#N)cc3)c2O)CC(=O)N1C1CCOCC1. The molecule has 2 saturated heterocycles. The summed E-state index contributed by atoms with van der Waals surface area (Å²) in [6, 6.07) is 14.6. The molecule has 0 saturated carbocycles.